The maximum Gasteiger partial charge on any atom is 0.490 e. The number of nitrogens with two attached hydrogens (primary N) is 1. The first-order valence-corrected chi connectivity index (χ1v) is 8.23. The molecule has 2 rings (SSSR count). The number of aliphatic carboxylic acids is 1. The largest absolute Gasteiger partial charge is 0.490 e. The van der Waals surface area contributed by atoms with E-state index in [4.69, 9.17) is 20.4 Å². The summed E-state index contributed by atoms with van der Waals surface area (Å²) in [4.78, 5) is 32.3. The third kappa shape index (κ3) is 9.80. The van der Waals surface area contributed by atoms with Gasteiger partial charge in [-0.05, 0) is 23.8 Å². The SMILES string of the molecule is Nc1cccc(C(=O)NCCC(=O)OCc2ccccc2)c1.O=C(O)C(F)(F)F. The Bertz CT molecular complexity index is 826. The van der Waals surface area contributed by atoms with Crippen LogP contribution < -0.4 is 11.1 Å². The third-order valence-corrected chi connectivity index (χ3v) is 3.25. The van der Waals surface area contributed by atoms with Crippen LogP contribution in [0.5, 0.6) is 0 Å². The maximum atomic E-state index is 11.8. The molecule has 4 N–H and O–H groups in total. The molecule has 0 aromatic heterocycles. The summed E-state index contributed by atoms with van der Waals surface area (Å²) in [5.41, 5.74) is 7.54. The minimum absolute atomic E-state index is 0.126. The molecule has 0 saturated heterocycles. The van der Waals surface area contributed by atoms with Crippen LogP contribution in [0.1, 0.15) is 22.3 Å². The molecule has 10 heteroatoms. The van der Waals surface area contributed by atoms with Crippen LogP contribution in [0.3, 0.4) is 0 Å². The highest BCUT2D eigenvalue weighted by atomic mass is 19.4. The molecule has 0 unspecified atom stereocenters. The normalized spacial score (nSPS) is 10.3. The Morgan fingerprint density at radius 1 is 1.03 bits per heavy atom. The minimum atomic E-state index is -5.08. The molecular formula is C19H19F3N2O5. The predicted octanol–water partition coefficient (Wildman–Crippen LogP) is 2.77. The number of rotatable bonds is 6. The van der Waals surface area contributed by atoms with Gasteiger partial charge in [-0.2, -0.15) is 13.2 Å². The van der Waals surface area contributed by atoms with Gasteiger partial charge in [0.05, 0.1) is 6.42 Å². The molecule has 7 nitrogen and oxygen atoms in total. The molecule has 0 radical (unpaired) electrons. The quantitative estimate of drug-likeness (QED) is 0.496. The highest BCUT2D eigenvalue weighted by Gasteiger charge is 2.38. The van der Waals surface area contributed by atoms with Crippen LogP contribution in [0.2, 0.25) is 0 Å². The van der Waals surface area contributed by atoms with Gasteiger partial charge in [0.25, 0.3) is 5.91 Å². The number of ether oxygens (including phenoxy) is 1. The molecule has 0 saturated carbocycles. The summed E-state index contributed by atoms with van der Waals surface area (Å²) >= 11 is 0. The summed E-state index contributed by atoms with van der Waals surface area (Å²) in [6.45, 7) is 0.462. The van der Waals surface area contributed by atoms with E-state index in [0.29, 0.717) is 11.3 Å². The number of carbonyl (C=O) groups excluding carboxylic acids is 2. The summed E-state index contributed by atoms with van der Waals surface area (Å²) < 4.78 is 36.9. The number of esters is 1. The number of carboxylic acid groups (broad SMARTS) is 1. The molecule has 0 bridgehead atoms. The van der Waals surface area contributed by atoms with Crippen LogP contribution in [-0.4, -0.2) is 35.7 Å². The second kappa shape index (κ2) is 11.3. The van der Waals surface area contributed by atoms with Crippen LogP contribution in [-0.2, 0) is 20.9 Å². The predicted molar refractivity (Wildman–Crippen MR) is 97.7 cm³/mol. The zero-order valence-corrected chi connectivity index (χ0v) is 15.1. The van der Waals surface area contributed by atoms with Crippen molar-refractivity contribution in [2.24, 2.45) is 0 Å². The number of amides is 1. The minimum Gasteiger partial charge on any atom is -0.475 e. The first-order chi connectivity index (χ1) is 13.6. The first kappa shape index (κ1) is 23.5. The van der Waals surface area contributed by atoms with Crippen molar-refractivity contribution in [2.45, 2.75) is 19.2 Å². The van der Waals surface area contributed by atoms with Crippen molar-refractivity contribution in [3.8, 4) is 0 Å². The molecule has 0 atom stereocenters. The molecule has 156 valence electrons. The van der Waals surface area contributed by atoms with Gasteiger partial charge in [0.1, 0.15) is 6.61 Å². The number of benzene rings is 2. The molecule has 0 aliphatic carbocycles. The van der Waals surface area contributed by atoms with Gasteiger partial charge in [-0.3, -0.25) is 9.59 Å². The number of alkyl halides is 3. The van der Waals surface area contributed by atoms with Crippen LogP contribution in [0, 0.1) is 0 Å². The number of anilines is 1. The molecule has 29 heavy (non-hydrogen) atoms. The van der Waals surface area contributed by atoms with Gasteiger partial charge in [-0.15, -0.1) is 0 Å². The monoisotopic (exact) mass is 412 g/mol. The Morgan fingerprint density at radius 3 is 2.21 bits per heavy atom. The average molecular weight is 412 g/mol. The van der Waals surface area contributed by atoms with E-state index in [1.165, 1.54) is 0 Å². The zero-order valence-electron chi connectivity index (χ0n) is 15.1. The van der Waals surface area contributed by atoms with E-state index < -0.39 is 12.1 Å². The Labute approximate surface area is 164 Å². The van der Waals surface area contributed by atoms with Gasteiger partial charge >= 0.3 is 18.1 Å². The van der Waals surface area contributed by atoms with Gasteiger partial charge in [-0.1, -0.05) is 36.4 Å². The Balaban J connectivity index is 0.000000516. The summed E-state index contributed by atoms with van der Waals surface area (Å²) in [7, 11) is 0. The lowest BCUT2D eigenvalue weighted by atomic mass is 10.2. The fourth-order valence-electron chi connectivity index (χ4n) is 1.87. The molecule has 0 aliphatic heterocycles. The lowest BCUT2D eigenvalue weighted by Crippen LogP contribution is -2.26. The summed E-state index contributed by atoms with van der Waals surface area (Å²) in [5, 5.41) is 9.78. The molecule has 1 amide bonds. The number of carboxylic acids is 1. The van der Waals surface area contributed by atoms with Crippen LogP contribution in [0.25, 0.3) is 0 Å². The summed E-state index contributed by atoms with van der Waals surface area (Å²) in [5.74, 6) is -3.37. The van der Waals surface area contributed by atoms with Gasteiger partial charge in [0.2, 0.25) is 0 Å². The fraction of sp³-hybridized carbons (Fsp3) is 0.211. The van der Waals surface area contributed by atoms with Crippen molar-refractivity contribution in [1.29, 1.82) is 0 Å². The molecular weight excluding hydrogens is 393 g/mol. The fourth-order valence-corrected chi connectivity index (χ4v) is 1.87. The zero-order chi connectivity index (χ0) is 21.9. The number of hydrogen-bond acceptors (Lipinski definition) is 5. The van der Waals surface area contributed by atoms with E-state index in [1.807, 2.05) is 30.3 Å². The van der Waals surface area contributed by atoms with Gasteiger partial charge in [-0.25, -0.2) is 4.79 Å². The second-order valence-electron chi connectivity index (χ2n) is 5.58. The van der Waals surface area contributed by atoms with Crippen molar-refractivity contribution in [3.05, 3.63) is 65.7 Å². The van der Waals surface area contributed by atoms with E-state index in [9.17, 15) is 22.8 Å². The van der Waals surface area contributed by atoms with E-state index in [-0.39, 0.29) is 31.4 Å². The molecule has 2 aromatic rings. The van der Waals surface area contributed by atoms with Crippen LogP contribution in [0.15, 0.2) is 54.6 Å². The lowest BCUT2D eigenvalue weighted by Gasteiger charge is -2.07. The van der Waals surface area contributed by atoms with E-state index in [1.54, 1.807) is 24.3 Å². The van der Waals surface area contributed by atoms with E-state index >= 15 is 0 Å². The number of halogens is 3. The van der Waals surface area contributed by atoms with Gasteiger partial charge in [0, 0.05) is 17.8 Å². The number of nitrogens with one attached hydrogen (secondary N) is 1. The molecule has 0 spiro atoms. The van der Waals surface area contributed by atoms with E-state index in [2.05, 4.69) is 5.32 Å². The molecule has 0 fully saturated rings. The second-order valence-corrected chi connectivity index (χ2v) is 5.58. The maximum absolute atomic E-state index is 11.8. The van der Waals surface area contributed by atoms with Gasteiger partial charge in [0.15, 0.2) is 0 Å². The van der Waals surface area contributed by atoms with Crippen molar-refractivity contribution in [3.63, 3.8) is 0 Å². The highest BCUT2D eigenvalue weighted by Crippen LogP contribution is 2.13. The standard InChI is InChI=1S/C17H18N2O3.C2HF3O2/c18-15-8-4-7-14(11-15)17(21)19-10-9-16(20)22-12-13-5-2-1-3-6-13;3-2(4,5)1(6)7/h1-8,11H,9-10,12,18H2,(H,19,21);(H,6,7). The highest BCUT2D eigenvalue weighted by molar-refractivity contribution is 5.95. The molecule has 0 aliphatic rings. The number of nitrogen functional groups attached to an aromatic ring is 1. The number of hydrogen-bond donors (Lipinski definition) is 3. The van der Waals surface area contributed by atoms with E-state index in [0.717, 1.165) is 5.56 Å². The lowest BCUT2D eigenvalue weighted by molar-refractivity contribution is -0.192. The van der Waals surface area contributed by atoms with Crippen molar-refractivity contribution in [2.75, 3.05) is 12.3 Å². The smallest absolute Gasteiger partial charge is 0.475 e. The topological polar surface area (TPSA) is 119 Å². The first-order valence-electron chi connectivity index (χ1n) is 8.23. The number of carbonyl (C=O) groups is 3. The van der Waals surface area contributed by atoms with Crippen molar-refractivity contribution >= 4 is 23.5 Å². The van der Waals surface area contributed by atoms with Crippen molar-refractivity contribution in [1.82, 2.24) is 5.32 Å². The third-order valence-electron chi connectivity index (χ3n) is 3.25. The van der Waals surface area contributed by atoms with Crippen LogP contribution in [0.4, 0.5) is 18.9 Å². The Hall–Kier alpha value is -3.56. The Morgan fingerprint density at radius 2 is 1.66 bits per heavy atom. The molecule has 0 heterocycles. The molecule has 2 aromatic carbocycles. The average Bonchev–Trinajstić information content (AvgIpc) is 2.67. The summed E-state index contributed by atoms with van der Waals surface area (Å²) in [6, 6.07) is 16.1. The summed E-state index contributed by atoms with van der Waals surface area (Å²) in [6.07, 6.45) is -4.96. The Kier molecular flexibility index (Phi) is 9.17. The van der Waals surface area contributed by atoms with Gasteiger partial charge < -0.3 is 20.9 Å². The van der Waals surface area contributed by atoms with Crippen molar-refractivity contribution < 1.29 is 37.4 Å². The van der Waals surface area contributed by atoms with Crippen LogP contribution >= 0.6 is 0 Å².